The van der Waals surface area contributed by atoms with Crippen molar-refractivity contribution >= 4 is 21.6 Å². The first-order valence-corrected chi connectivity index (χ1v) is 8.29. The molecular formula is C13H18ClNO4S. The van der Waals surface area contributed by atoms with E-state index in [4.69, 9.17) is 21.1 Å². The van der Waals surface area contributed by atoms with Crippen molar-refractivity contribution in [2.75, 3.05) is 33.2 Å². The van der Waals surface area contributed by atoms with Gasteiger partial charge in [0, 0.05) is 31.6 Å². The number of methoxy groups -OCH3 is 2. The molecule has 20 heavy (non-hydrogen) atoms. The first-order chi connectivity index (χ1) is 9.56. The summed E-state index contributed by atoms with van der Waals surface area (Å²) in [4.78, 5) is 0.254. The molecule has 0 bridgehead atoms. The second kappa shape index (κ2) is 6.30. The molecule has 5 nitrogen and oxygen atoms in total. The molecule has 0 fully saturated rings. The second-order valence-electron chi connectivity index (χ2n) is 4.50. The topological polar surface area (TPSA) is 55.8 Å². The molecule has 0 radical (unpaired) electrons. The van der Waals surface area contributed by atoms with Crippen molar-refractivity contribution in [3.8, 4) is 5.75 Å². The largest absolute Gasteiger partial charge is 0.496 e. The maximum atomic E-state index is 12.6. The van der Waals surface area contributed by atoms with Gasteiger partial charge in [0.1, 0.15) is 11.9 Å². The molecule has 1 heterocycles. The summed E-state index contributed by atoms with van der Waals surface area (Å²) in [5.74, 6) is 0.962. The fourth-order valence-electron chi connectivity index (χ4n) is 2.40. The van der Waals surface area contributed by atoms with E-state index in [9.17, 15) is 8.42 Å². The number of halogens is 1. The second-order valence-corrected chi connectivity index (χ2v) is 6.79. The minimum Gasteiger partial charge on any atom is -0.496 e. The lowest BCUT2D eigenvalue weighted by molar-refractivity contribution is 0.0756. The average Bonchev–Trinajstić information content (AvgIpc) is 2.46. The summed E-state index contributed by atoms with van der Waals surface area (Å²) in [6.45, 7) is 0.672. The quantitative estimate of drug-likeness (QED) is 0.779. The fourth-order valence-corrected chi connectivity index (χ4v) is 4.26. The van der Waals surface area contributed by atoms with Crippen molar-refractivity contribution in [1.29, 1.82) is 0 Å². The summed E-state index contributed by atoms with van der Waals surface area (Å²) in [6, 6.07) is 5.01. The van der Waals surface area contributed by atoms with Crippen molar-refractivity contribution in [1.82, 2.24) is 4.31 Å². The minimum absolute atomic E-state index is 0.254. The minimum atomic E-state index is -3.52. The number of alkyl halides is 1. The van der Waals surface area contributed by atoms with Gasteiger partial charge in [0.05, 0.1) is 12.0 Å². The first-order valence-electron chi connectivity index (χ1n) is 6.32. The Labute approximate surface area is 124 Å². The van der Waals surface area contributed by atoms with Crippen molar-refractivity contribution in [3.63, 3.8) is 0 Å². The van der Waals surface area contributed by atoms with E-state index in [2.05, 4.69) is 0 Å². The van der Waals surface area contributed by atoms with Crippen LogP contribution in [0.2, 0.25) is 0 Å². The van der Waals surface area contributed by atoms with Crippen LogP contribution in [0.25, 0.3) is 0 Å². The predicted octanol–water partition coefficient (Wildman–Crippen LogP) is 2.02. The van der Waals surface area contributed by atoms with Crippen molar-refractivity contribution in [3.05, 3.63) is 23.8 Å². The monoisotopic (exact) mass is 319 g/mol. The van der Waals surface area contributed by atoms with Gasteiger partial charge in [-0.25, -0.2) is 8.42 Å². The molecule has 0 saturated carbocycles. The summed E-state index contributed by atoms with van der Waals surface area (Å²) in [5.41, 5.74) is 0.597. The van der Waals surface area contributed by atoms with E-state index in [-0.39, 0.29) is 17.5 Å². The van der Waals surface area contributed by atoms with E-state index in [1.165, 1.54) is 11.4 Å². The van der Waals surface area contributed by atoms with Crippen LogP contribution < -0.4 is 4.74 Å². The number of ether oxygens (including phenoxy) is 2. The lowest BCUT2D eigenvalue weighted by Crippen LogP contribution is -2.41. The highest BCUT2D eigenvalue weighted by Gasteiger charge is 2.38. The van der Waals surface area contributed by atoms with Gasteiger partial charge in [-0.15, -0.1) is 11.6 Å². The predicted molar refractivity (Wildman–Crippen MR) is 76.8 cm³/mol. The molecule has 112 valence electrons. The zero-order chi connectivity index (χ0) is 14.8. The van der Waals surface area contributed by atoms with E-state index in [0.29, 0.717) is 30.2 Å². The van der Waals surface area contributed by atoms with E-state index in [1.807, 2.05) is 0 Å². The third kappa shape index (κ3) is 2.65. The Bertz CT molecular complexity index is 576. The van der Waals surface area contributed by atoms with E-state index in [1.54, 1.807) is 25.3 Å². The van der Waals surface area contributed by atoms with Gasteiger partial charge in [-0.2, -0.15) is 4.31 Å². The van der Waals surface area contributed by atoms with E-state index < -0.39 is 10.0 Å². The Morgan fingerprint density at radius 1 is 1.40 bits per heavy atom. The van der Waals surface area contributed by atoms with Gasteiger partial charge in [-0.3, -0.25) is 0 Å². The molecule has 1 aliphatic heterocycles. The highest BCUT2D eigenvalue weighted by Crippen LogP contribution is 2.39. The van der Waals surface area contributed by atoms with Crippen LogP contribution in [0.15, 0.2) is 23.1 Å². The van der Waals surface area contributed by atoms with E-state index in [0.717, 1.165) is 0 Å². The molecule has 0 saturated heterocycles. The number of rotatable bonds is 5. The number of nitrogens with zero attached hydrogens (tertiary/aromatic N) is 1. The molecule has 1 unspecified atom stereocenters. The molecule has 0 spiro atoms. The lowest BCUT2D eigenvalue weighted by atomic mass is 10.1. The van der Waals surface area contributed by atoms with Crippen molar-refractivity contribution in [2.45, 2.75) is 17.4 Å². The third-order valence-corrected chi connectivity index (χ3v) is 5.57. The smallest absolute Gasteiger partial charge is 0.243 e. The van der Waals surface area contributed by atoms with Gasteiger partial charge >= 0.3 is 0 Å². The Kier molecular flexibility index (Phi) is 4.90. The van der Waals surface area contributed by atoms with Crippen LogP contribution in [0.1, 0.15) is 18.1 Å². The van der Waals surface area contributed by atoms with Crippen LogP contribution in [0.3, 0.4) is 0 Å². The number of hydrogen-bond acceptors (Lipinski definition) is 4. The van der Waals surface area contributed by atoms with E-state index >= 15 is 0 Å². The Hall–Kier alpha value is -0.820. The van der Waals surface area contributed by atoms with Gasteiger partial charge in [-0.1, -0.05) is 6.07 Å². The van der Waals surface area contributed by atoms with Gasteiger partial charge in [-0.05, 0) is 18.6 Å². The SMILES string of the molecule is COc1cccc2c1C(OC)CN(CCCCl)S2(=O)=O. The third-order valence-electron chi connectivity index (χ3n) is 3.38. The number of fused-ring (bicyclic) bond motifs is 1. The van der Waals surface area contributed by atoms with Gasteiger partial charge < -0.3 is 9.47 Å². The maximum absolute atomic E-state index is 12.6. The van der Waals surface area contributed by atoms with Gasteiger partial charge in [0.15, 0.2) is 0 Å². The Morgan fingerprint density at radius 3 is 2.75 bits per heavy atom. The summed E-state index contributed by atoms with van der Waals surface area (Å²) in [5, 5.41) is 0. The number of benzene rings is 1. The molecule has 2 rings (SSSR count). The molecule has 0 aromatic heterocycles. The maximum Gasteiger partial charge on any atom is 0.243 e. The lowest BCUT2D eigenvalue weighted by Gasteiger charge is -2.33. The van der Waals surface area contributed by atoms with Crippen molar-refractivity contribution in [2.24, 2.45) is 0 Å². The molecule has 0 amide bonds. The molecule has 1 atom stereocenters. The Morgan fingerprint density at radius 2 is 2.15 bits per heavy atom. The summed E-state index contributed by atoms with van der Waals surface area (Å²) < 4.78 is 37.4. The standard InChI is InChI=1S/C13H18ClNO4S/c1-18-10-5-3-6-12-13(10)11(19-2)9-15(8-4-7-14)20(12,16)17/h3,5-6,11H,4,7-9H2,1-2H3. The van der Waals surface area contributed by atoms with Crippen LogP contribution in [-0.4, -0.2) is 45.9 Å². The molecule has 1 aromatic carbocycles. The highest BCUT2D eigenvalue weighted by atomic mass is 35.5. The summed E-state index contributed by atoms with van der Waals surface area (Å²) in [6.07, 6.45) is 0.274. The van der Waals surface area contributed by atoms with Gasteiger partial charge in [0.2, 0.25) is 10.0 Å². The van der Waals surface area contributed by atoms with Crippen LogP contribution in [0.5, 0.6) is 5.75 Å². The molecule has 0 aliphatic carbocycles. The molecule has 7 heteroatoms. The van der Waals surface area contributed by atoms with Crippen LogP contribution >= 0.6 is 11.6 Å². The average molecular weight is 320 g/mol. The number of sulfonamides is 1. The summed E-state index contributed by atoms with van der Waals surface area (Å²) >= 11 is 5.66. The highest BCUT2D eigenvalue weighted by molar-refractivity contribution is 7.89. The van der Waals surface area contributed by atoms with Crippen molar-refractivity contribution < 1.29 is 17.9 Å². The van der Waals surface area contributed by atoms with Crippen LogP contribution in [0.4, 0.5) is 0 Å². The molecular weight excluding hydrogens is 302 g/mol. The Balaban J connectivity index is 2.52. The number of hydrogen-bond donors (Lipinski definition) is 0. The zero-order valence-corrected chi connectivity index (χ0v) is 13.1. The van der Waals surface area contributed by atoms with Crippen LogP contribution in [0, 0.1) is 0 Å². The summed E-state index contributed by atoms with van der Waals surface area (Å²) in [7, 11) is -0.425. The fraction of sp³-hybridized carbons (Fsp3) is 0.538. The first kappa shape index (κ1) is 15.6. The molecule has 1 aromatic rings. The zero-order valence-electron chi connectivity index (χ0n) is 11.5. The van der Waals surface area contributed by atoms with Gasteiger partial charge in [0.25, 0.3) is 0 Å². The normalized spacial score (nSPS) is 21.4. The molecule has 1 aliphatic rings. The van der Waals surface area contributed by atoms with Crippen LogP contribution in [-0.2, 0) is 14.8 Å². The molecule has 0 N–H and O–H groups in total.